The summed E-state index contributed by atoms with van der Waals surface area (Å²) in [7, 11) is -4.08. The smallest absolute Gasteiger partial charge is 0.354 e. The lowest BCUT2D eigenvalue weighted by molar-refractivity contribution is -0.137. The summed E-state index contributed by atoms with van der Waals surface area (Å²) >= 11 is 0. The highest BCUT2D eigenvalue weighted by Crippen LogP contribution is 2.30. The standard InChI is InChI=1S/C15H22F3N3O3S.ClH/c1-14(2,19)10-20-13(22)7-4-8-21-25(23,24)12-6-3-5-11(9-12)15(16,17)18;/h3,5-6,9,21H,4,7-8,10,19H2,1-2H3,(H,20,22);1H. The van der Waals surface area contributed by atoms with Crippen molar-refractivity contribution >= 4 is 28.3 Å². The lowest BCUT2D eigenvalue weighted by atomic mass is 10.1. The molecule has 1 rings (SSSR count). The Morgan fingerprint density at radius 2 is 1.85 bits per heavy atom. The molecule has 1 aromatic rings. The number of hydrogen-bond acceptors (Lipinski definition) is 4. The van der Waals surface area contributed by atoms with Gasteiger partial charge in [0.05, 0.1) is 10.5 Å². The molecule has 0 aliphatic rings. The minimum Gasteiger partial charge on any atom is -0.354 e. The van der Waals surface area contributed by atoms with Crippen LogP contribution in [0.4, 0.5) is 13.2 Å². The maximum absolute atomic E-state index is 12.6. The van der Waals surface area contributed by atoms with Gasteiger partial charge in [-0.1, -0.05) is 6.07 Å². The van der Waals surface area contributed by atoms with E-state index in [1.165, 1.54) is 0 Å². The Bertz CT molecular complexity index is 704. The Balaban J connectivity index is 0.00000625. The topological polar surface area (TPSA) is 101 Å². The average molecular weight is 418 g/mol. The van der Waals surface area contributed by atoms with Gasteiger partial charge in [-0.2, -0.15) is 13.2 Å². The second-order valence-corrected chi connectivity index (χ2v) is 8.06. The molecule has 0 spiro atoms. The van der Waals surface area contributed by atoms with Gasteiger partial charge in [0.15, 0.2) is 0 Å². The lowest BCUT2D eigenvalue weighted by Gasteiger charge is -2.18. The number of rotatable bonds is 8. The Hall–Kier alpha value is -1.36. The molecule has 150 valence electrons. The van der Waals surface area contributed by atoms with Crippen LogP contribution in [0, 0.1) is 0 Å². The van der Waals surface area contributed by atoms with Crippen LogP contribution in [0.2, 0.25) is 0 Å². The van der Waals surface area contributed by atoms with Crippen molar-refractivity contribution < 1.29 is 26.4 Å². The number of carbonyl (C=O) groups is 1. The maximum atomic E-state index is 12.6. The van der Waals surface area contributed by atoms with E-state index in [1.54, 1.807) is 13.8 Å². The Kier molecular flexibility index (Phi) is 9.04. The van der Waals surface area contributed by atoms with Crippen LogP contribution in [0.1, 0.15) is 32.3 Å². The van der Waals surface area contributed by atoms with E-state index in [0.29, 0.717) is 6.07 Å². The molecule has 0 aliphatic heterocycles. The minimum atomic E-state index is -4.62. The van der Waals surface area contributed by atoms with Gasteiger partial charge >= 0.3 is 6.18 Å². The van der Waals surface area contributed by atoms with Gasteiger partial charge < -0.3 is 11.1 Å². The molecule has 1 amide bonds. The van der Waals surface area contributed by atoms with E-state index in [2.05, 4.69) is 10.0 Å². The molecule has 11 heteroatoms. The molecule has 0 atom stereocenters. The summed E-state index contributed by atoms with van der Waals surface area (Å²) in [5, 5.41) is 2.61. The van der Waals surface area contributed by atoms with Crippen LogP contribution in [0.5, 0.6) is 0 Å². The second-order valence-electron chi connectivity index (χ2n) is 6.29. The third kappa shape index (κ3) is 8.84. The number of sulfonamides is 1. The highest BCUT2D eigenvalue weighted by atomic mass is 35.5. The van der Waals surface area contributed by atoms with Crippen LogP contribution in [0.3, 0.4) is 0 Å². The number of nitrogens with one attached hydrogen (secondary N) is 2. The quantitative estimate of drug-likeness (QED) is 0.563. The third-order valence-corrected chi connectivity index (χ3v) is 4.54. The molecule has 0 aliphatic carbocycles. The van der Waals surface area contributed by atoms with Gasteiger partial charge in [0.2, 0.25) is 15.9 Å². The zero-order valence-electron chi connectivity index (χ0n) is 14.4. The first-order chi connectivity index (χ1) is 11.3. The number of halogens is 4. The van der Waals surface area contributed by atoms with Gasteiger partial charge in [0.25, 0.3) is 0 Å². The molecule has 6 nitrogen and oxygen atoms in total. The van der Waals surface area contributed by atoms with Crippen LogP contribution in [-0.2, 0) is 21.0 Å². The van der Waals surface area contributed by atoms with Gasteiger partial charge in [0.1, 0.15) is 0 Å². The first-order valence-electron chi connectivity index (χ1n) is 7.54. The number of carbonyl (C=O) groups excluding carboxylic acids is 1. The van der Waals surface area contributed by atoms with Crippen LogP contribution in [0.25, 0.3) is 0 Å². The predicted molar refractivity (Wildman–Crippen MR) is 94.4 cm³/mol. The van der Waals surface area contributed by atoms with Crippen LogP contribution in [0.15, 0.2) is 29.2 Å². The third-order valence-electron chi connectivity index (χ3n) is 3.09. The highest BCUT2D eigenvalue weighted by molar-refractivity contribution is 7.89. The fourth-order valence-electron chi connectivity index (χ4n) is 1.79. The van der Waals surface area contributed by atoms with Crippen molar-refractivity contribution in [1.29, 1.82) is 0 Å². The summed E-state index contributed by atoms with van der Waals surface area (Å²) in [6, 6.07) is 3.47. The summed E-state index contributed by atoms with van der Waals surface area (Å²) in [6.45, 7) is 3.70. The van der Waals surface area contributed by atoms with Crippen molar-refractivity contribution in [3.63, 3.8) is 0 Å². The fourth-order valence-corrected chi connectivity index (χ4v) is 2.91. The van der Waals surface area contributed by atoms with E-state index in [9.17, 15) is 26.4 Å². The van der Waals surface area contributed by atoms with Crippen molar-refractivity contribution in [3.05, 3.63) is 29.8 Å². The average Bonchev–Trinajstić information content (AvgIpc) is 2.48. The monoisotopic (exact) mass is 417 g/mol. The molecule has 0 fully saturated rings. The van der Waals surface area contributed by atoms with Crippen molar-refractivity contribution in [1.82, 2.24) is 10.0 Å². The Morgan fingerprint density at radius 1 is 1.23 bits per heavy atom. The fraction of sp³-hybridized carbons (Fsp3) is 0.533. The van der Waals surface area contributed by atoms with Gasteiger partial charge in [-0.25, -0.2) is 13.1 Å². The molecule has 1 aromatic carbocycles. The van der Waals surface area contributed by atoms with Gasteiger partial charge in [0, 0.05) is 25.0 Å². The summed E-state index contributed by atoms with van der Waals surface area (Å²) < 4.78 is 64.1. The van der Waals surface area contributed by atoms with Crippen molar-refractivity contribution in [3.8, 4) is 0 Å². The van der Waals surface area contributed by atoms with Gasteiger partial charge in [-0.05, 0) is 38.5 Å². The molecular weight excluding hydrogens is 395 g/mol. The maximum Gasteiger partial charge on any atom is 0.416 e. The van der Waals surface area contributed by atoms with E-state index in [-0.39, 0.29) is 44.2 Å². The van der Waals surface area contributed by atoms with E-state index in [0.717, 1.165) is 18.2 Å². The summed E-state index contributed by atoms with van der Waals surface area (Å²) in [5.74, 6) is -0.281. The van der Waals surface area contributed by atoms with E-state index in [1.807, 2.05) is 0 Å². The molecular formula is C15H23ClF3N3O3S. The Labute approximate surface area is 157 Å². The first-order valence-corrected chi connectivity index (χ1v) is 9.02. The van der Waals surface area contributed by atoms with Crippen molar-refractivity contribution in [2.45, 2.75) is 43.3 Å². The molecule has 0 radical (unpaired) electrons. The number of hydrogen-bond donors (Lipinski definition) is 3. The SMILES string of the molecule is CC(C)(N)CNC(=O)CCCNS(=O)(=O)c1cccc(C(F)(F)F)c1.Cl. The first kappa shape index (κ1) is 24.6. The van der Waals surface area contributed by atoms with Gasteiger partial charge in [-0.15, -0.1) is 12.4 Å². The van der Waals surface area contributed by atoms with Crippen LogP contribution < -0.4 is 15.8 Å². The predicted octanol–water partition coefficient (Wildman–Crippen LogP) is 2.04. The van der Waals surface area contributed by atoms with E-state index < -0.39 is 32.2 Å². The number of amides is 1. The summed E-state index contributed by atoms with van der Waals surface area (Å²) in [4.78, 5) is 11.1. The summed E-state index contributed by atoms with van der Waals surface area (Å²) in [5.41, 5.74) is 4.12. The molecule has 0 saturated carbocycles. The zero-order chi connectivity index (χ0) is 19.3. The van der Waals surface area contributed by atoms with Crippen molar-refractivity contribution in [2.24, 2.45) is 5.73 Å². The van der Waals surface area contributed by atoms with E-state index in [4.69, 9.17) is 5.73 Å². The largest absolute Gasteiger partial charge is 0.416 e. The minimum absolute atomic E-state index is 0. The zero-order valence-corrected chi connectivity index (χ0v) is 16.0. The molecule has 0 saturated heterocycles. The lowest BCUT2D eigenvalue weighted by Crippen LogP contribution is -2.45. The van der Waals surface area contributed by atoms with Gasteiger partial charge in [-0.3, -0.25) is 4.79 Å². The molecule has 0 aromatic heterocycles. The van der Waals surface area contributed by atoms with Crippen LogP contribution in [-0.4, -0.2) is 33.0 Å². The van der Waals surface area contributed by atoms with E-state index >= 15 is 0 Å². The molecule has 0 bridgehead atoms. The molecule has 0 heterocycles. The molecule has 0 unspecified atom stereocenters. The number of alkyl halides is 3. The Morgan fingerprint density at radius 3 is 2.38 bits per heavy atom. The summed E-state index contributed by atoms with van der Waals surface area (Å²) in [6.07, 6.45) is -4.35. The van der Waals surface area contributed by atoms with Crippen LogP contribution >= 0.6 is 12.4 Å². The van der Waals surface area contributed by atoms with Crippen molar-refractivity contribution in [2.75, 3.05) is 13.1 Å². The highest BCUT2D eigenvalue weighted by Gasteiger charge is 2.31. The molecule has 4 N–H and O–H groups in total. The second kappa shape index (κ2) is 9.54. The number of nitrogens with two attached hydrogens (primary N) is 1. The normalized spacial score (nSPS) is 12.4. The number of benzene rings is 1. The molecule has 26 heavy (non-hydrogen) atoms.